The molecule has 0 unspecified atom stereocenters. The van der Waals surface area contributed by atoms with Gasteiger partial charge in [-0.2, -0.15) is 0 Å². The predicted molar refractivity (Wildman–Crippen MR) is 58.3 cm³/mol. The standard InChI is InChI=1S/C9H20Ge2/c1-9(8-11(4)5)6-7-10(2)3/h6H,7-8H2,1-5H3/b9-6-. The first kappa shape index (κ1) is 11.8. The maximum atomic E-state index is 2.50. The number of hydrogen-bond donors (Lipinski definition) is 0. The molecule has 0 aliphatic rings. The zero-order valence-electron chi connectivity index (χ0n) is 8.49. The van der Waals surface area contributed by atoms with E-state index in [4.69, 9.17) is 0 Å². The molecule has 0 saturated heterocycles. The fourth-order valence-corrected chi connectivity index (χ4v) is 5.24. The molecular weight excluding hydrogens is 253 g/mol. The van der Waals surface area contributed by atoms with E-state index in [1.807, 2.05) is 0 Å². The van der Waals surface area contributed by atoms with E-state index in [-0.39, 0.29) is 0 Å². The van der Waals surface area contributed by atoms with Gasteiger partial charge in [0.05, 0.1) is 0 Å². The van der Waals surface area contributed by atoms with Crippen LogP contribution in [0.3, 0.4) is 0 Å². The van der Waals surface area contributed by atoms with Crippen LogP contribution in [0.4, 0.5) is 0 Å². The Hall–Kier alpha value is 0.826. The monoisotopic (exact) mass is 276 g/mol. The first-order valence-corrected chi connectivity index (χ1v) is 15.6. The molecule has 0 aromatic heterocycles. The van der Waals surface area contributed by atoms with E-state index in [2.05, 4.69) is 36.0 Å². The van der Waals surface area contributed by atoms with Crippen LogP contribution in [0.2, 0.25) is 33.5 Å². The van der Waals surface area contributed by atoms with Crippen LogP contribution in [-0.2, 0) is 0 Å². The first-order valence-electron chi connectivity index (χ1n) is 4.26. The van der Waals surface area contributed by atoms with Crippen molar-refractivity contribution in [3.8, 4) is 0 Å². The van der Waals surface area contributed by atoms with Crippen molar-refractivity contribution < 1.29 is 0 Å². The molecule has 0 aromatic carbocycles. The summed E-state index contributed by atoms with van der Waals surface area (Å²) in [5, 5.41) is 2.88. The van der Waals surface area contributed by atoms with E-state index in [1.165, 1.54) is 10.5 Å². The van der Waals surface area contributed by atoms with Gasteiger partial charge in [0.2, 0.25) is 0 Å². The summed E-state index contributed by atoms with van der Waals surface area (Å²) in [7, 11) is 0. The van der Waals surface area contributed by atoms with Gasteiger partial charge in [-0.25, -0.2) is 0 Å². The summed E-state index contributed by atoms with van der Waals surface area (Å²) in [5.74, 6) is 9.79. The van der Waals surface area contributed by atoms with Gasteiger partial charge in [0, 0.05) is 0 Å². The van der Waals surface area contributed by atoms with E-state index in [1.54, 1.807) is 5.57 Å². The predicted octanol–water partition coefficient (Wildman–Crippen LogP) is 3.44. The molecule has 0 heterocycles. The van der Waals surface area contributed by atoms with E-state index in [0.717, 1.165) is 0 Å². The Balaban J connectivity index is 3.63. The zero-order valence-corrected chi connectivity index (χ0v) is 12.7. The van der Waals surface area contributed by atoms with E-state index >= 15 is 0 Å². The fraction of sp³-hybridized carbons (Fsp3) is 0.778. The molecule has 0 atom stereocenters. The van der Waals surface area contributed by atoms with Crippen LogP contribution in [0.25, 0.3) is 0 Å². The normalized spacial score (nSPS) is 13.2. The SMILES string of the molecule is C/C(=C/[CH2][Ge]([CH3])[CH3])[CH2][Ge]([CH3])[CH3]. The number of hydrogen-bond acceptors (Lipinski definition) is 0. The molecule has 11 heavy (non-hydrogen) atoms. The molecule has 2 radical (unpaired) electrons. The molecule has 0 spiro atoms. The van der Waals surface area contributed by atoms with Gasteiger partial charge in [0.15, 0.2) is 0 Å². The molecular formula is C9H20Ge2. The minimum absolute atomic E-state index is 0.560. The molecule has 0 N–H and O–H groups in total. The molecule has 2 heteroatoms. The van der Waals surface area contributed by atoms with Gasteiger partial charge in [-0.3, -0.25) is 0 Å². The Morgan fingerprint density at radius 1 is 1.09 bits per heavy atom. The van der Waals surface area contributed by atoms with Gasteiger partial charge in [-0.05, 0) is 0 Å². The van der Waals surface area contributed by atoms with Crippen LogP contribution in [0.5, 0.6) is 0 Å². The molecule has 0 aliphatic carbocycles. The van der Waals surface area contributed by atoms with Crippen molar-refractivity contribution >= 4 is 28.7 Å². The molecule has 0 aromatic rings. The molecule has 0 nitrogen and oxygen atoms in total. The fourth-order valence-electron chi connectivity index (χ4n) is 1.01. The van der Waals surface area contributed by atoms with Gasteiger partial charge in [-0.1, -0.05) is 0 Å². The van der Waals surface area contributed by atoms with Crippen molar-refractivity contribution in [2.75, 3.05) is 0 Å². The van der Waals surface area contributed by atoms with Crippen LogP contribution in [0, 0.1) is 0 Å². The Morgan fingerprint density at radius 2 is 1.64 bits per heavy atom. The summed E-state index contributed by atoms with van der Waals surface area (Å²) in [6.07, 6.45) is 2.50. The second-order valence-electron chi connectivity index (χ2n) is 3.85. The summed E-state index contributed by atoms with van der Waals surface area (Å²) < 4.78 is 0. The third kappa shape index (κ3) is 8.73. The third-order valence-electron chi connectivity index (χ3n) is 1.49. The van der Waals surface area contributed by atoms with Crippen LogP contribution >= 0.6 is 0 Å². The van der Waals surface area contributed by atoms with E-state index < -0.39 is 28.7 Å². The molecule has 0 rings (SSSR count). The minimum atomic E-state index is -0.574. The second-order valence-corrected chi connectivity index (χ2v) is 15.6. The quantitative estimate of drug-likeness (QED) is 0.544. The molecule has 0 fully saturated rings. The first-order chi connectivity index (χ1) is 5.02. The molecule has 64 valence electrons. The second kappa shape index (κ2) is 6.35. The Bertz CT molecular complexity index is 126. The Morgan fingerprint density at radius 3 is 2.00 bits per heavy atom. The van der Waals surface area contributed by atoms with Crippen LogP contribution < -0.4 is 0 Å². The summed E-state index contributed by atoms with van der Waals surface area (Å²) in [5.41, 5.74) is 1.67. The van der Waals surface area contributed by atoms with Gasteiger partial charge in [0.25, 0.3) is 0 Å². The van der Waals surface area contributed by atoms with Gasteiger partial charge in [-0.15, -0.1) is 0 Å². The van der Waals surface area contributed by atoms with Crippen molar-refractivity contribution in [1.82, 2.24) is 0 Å². The summed E-state index contributed by atoms with van der Waals surface area (Å²) >= 11 is -1.13. The molecule has 0 bridgehead atoms. The topological polar surface area (TPSA) is 0 Å². The Kier molecular flexibility index (Phi) is 6.83. The van der Waals surface area contributed by atoms with Gasteiger partial charge in [0.1, 0.15) is 0 Å². The molecule has 0 saturated carbocycles. The Labute approximate surface area is 80.7 Å². The summed E-state index contributed by atoms with van der Waals surface area (Å²) in [4.78, 5) is 0. The van der Waals surface area contributed by atoms with Crippen LogP contribution in [0.15, 0.2) is 11.6 Å². The van der Waals surface area contributed by atoms with Crippen molar-refractivity contribution in [3.05, 3.63) is 11.6 Å². The molecule has 0 amide bonds. The van der Waals surface area contributed by atoms with Gasteiger partial charge < -0.3 is 0 Å². The van der Waals surface area contributed by atoms with Crippen LogP contribution in [-0.4, -0.2) is 28.7 Å². The van der Waals surface area contributed by atoms with Crippen molar-refractivity contribution in [1.29, 1.82) is 0 Å². The van der Waals surface area contributed by atoms with E-state index in [9.17, 15) is 0 Å². The van der Waals surface area contributed by atoms with Crippen molar-refractivity contribution in [3.63, 3.8) is 0 Å². The third-order valence-corrected chi connectivity index (χ3v) is 6.29. The maximum absolute atomic E-state index is 2.50. The van der Waals surface area contributed by atoms with E-state index in [0.29, 0.717) is 0 Å². The van der Waals surface area contributed by atoms with Crippen LogP contribution in [0.1, 0.15) is 6.92 Å². The average molecular weight is 273 g/mol. The number of allylic oxidation sites excluding steroid dienone is 2. The zero-order chi connectivity index (χ0) is 8.85. The number of rotatable bonds is 4. The summed E-state index contributed by atoms with van der Waals surface area (Å²) in [6.45, 7) is 2.31. The summed E-state index contributed by atoms with van der Waals surface area (Å²) in [6, 6.07) is 0. The van der Waals surface area contributed by atoms with Gasteiger partial charge >= 0.3 is 80.8 Å². The average Bonchev–Trinajstić information content (AvgIpc) is 1.82. The molecule has 0 aliphatic heterocycles. The van der Waals surface area contributed by atoms with Crippen molar-refractivity contribution in [2.24, 2.45) is 0 Å². The van der Waals surface area contributed by atoms with Crippen molar-refractivity contribution in [2.45, 2.75) is 40.5 Å².